The summed E-state index contributed by atoms with van der Waals surface area (Å²) in [6.45, 7) is 6.47. The first-order valence-electron chi connectivity index (χ1n) is 7.83. The fourth-order valence-electron chi connectivity index (χ4n) is 2.19. The molecule has 0 saturated carbocycles. The molecule has 0 spiro atoms. The van der Waals surface area contributed by atoms with E-state index in [4.69, 9.17) is 10.00 Å². The summed E-state index contributed by atoms with van der Waals surface area (Å²) in [4.78, 5) is 12.2. The third-order valence-corrected chi connectivity index (χ3v) is 3.65. The average Bonchev–Trinajstić information content (AvgIpc) is 2.58. The Kier molecular flexibility index (Phi) is 5.55. The van der Waals surface area contributed by atoms with Crippen molar-refractivity contribution in [2.24, 2.45) is 0 Å². The van der Waals surface area contributed by atoms with Crippen LogP contribution < -0.4 is 4.74 Å². The highest BCUT2D eigenvalue weighted by atomic mass is 16.5. The molecule has 0 radical (unpaired) electrons. The minimum Gasteiger partial charge on any atom is -0.479 e. The molecule has 0 atom stereocenters. The third kappa shape index (κ3) is 4.82. The molecule has 3 nitrogen and oxygen atoms in total. The zero-order valence-electron chi connectivity index (χ0n) is 14.2. The van der Waals surface area contributed by atoms with Crippen LogP contribution in [0.5, 0.6) is 5.75 Å². The summed E-state index contributed by atoms with van der Waals surface area (Å²) < 4.78 is 5.19. The monoisotopic (exact) mass is 319 g/mol. The molecule has 0 heterocycles. The van der Waals surface area contributed by atoms with Crippen LogP contribution in [0.3, 0.4) is 0 Å². The summed E-state index contributed by atoms with van der Waals surface area (Å²) in [6, 6.07) is 16.9. The van der Waals surface area contributed by atoms with Gasteiger partial charge in [-0.25, -0.2) is 0 Å². The number of allylic oxidation sites excluding steroid dienone is 1. The van der Waals surface area contributed by atoms with Crippen LogP contribution in [0.2, 0.25) is 0 Å². The van der Waals surface area contributed by atoms with Crippen LogP contribution in [0.1, 0.15) is 42.3 Å². The van der Waals surface area contributed by atoms with Gasteiger partial charge in [0.25, 0.3) is 0 Å². The summed E-state index contributed by atoms with van der Waals surface area (Å²) >= 11 is 0. The predicted octanol–water partition coefficient (Wildman–Crippen LogP) is 4.78. The number of ketones is 1. The molecule has 24 heavy (non-hydrogen) atoms. The maximum absolute atomic E-state index is 12.2. The Balaban J connectivity index is 2.03. The first-order chi connectivity index (χ1) is 11.4. The van der Waals surface area contributed by atoms with Gasteiger partial charge in [-0.1, -0.05) is 63.2 Å². The lowest BCUT2D eigenvalue weighted by atomic mass is 9.86. The average molecular weight is 319 g/mol. The SMILES string of the molecule is CC(C)(C)c1ccc(C(=O)/C=C/c2ccc(OCC#N)cc2)cc1. The van der Waals surface area contributed by atoms with E-state index in [1.807, 2.05) is 42.5 Å². The number of benzene rings is 2. The maximum Gasteiger partial charge on any atom is 0.185 e. The summed E-state index contributed by atoms with van der Waals surface area (Å²) in [6.07, 6.45) is 3.34. The topological polar surface area (TPSA) is 50.1 Å². The molecule has 122 valence electrons. The van der Waals surface area contributed by atoms with Crippen molar-refractivity contribution < 1.29 is 9.53 Å². The molecule has 0 aliphatic carbocycles. The second kappa shape index (κ2) is 7.61. The van der Waals surface area contributed by atoms with Gasteiger partial charge in [0.2, 0.25) is 0 Å². The van der Waals surface area contributed by atoms with E-state index >= 15 is 0 Å². The van der Waals surface area contributed by atoms with Crippen LogP contribution in [0.25, 0.3) is 6.08 Å². The quantitative estimate of drug-likeness (QED) is 0.588. The second-order valence-corrected chi connectivity index (χ2v) is 6.54. The number of nitriles is 1. The highest BCUT2D eigenvalue weighted by molar-refractivity contribution is 6.06. The van der Waals surface area contributed by atoms with Crippen molar-refractivity contribution in [3.63, 3.8) is 0 Å². The molecular weight excluding hydrogens is 298 g/mol. The number of hydrogen-bond acceptors (Lipinski definition) is 3. The standard InChI is InChI=1S/C21H21NO2/c1-21(2,3)18-9-7-17(8-10-18)20(23)13-6-16-4-11-19(12-5-16)24-15-14-22/h4-13H,15H2,1-3H3/b13-6+. The number of hydrogen-bond donors (Lipinski definition) is 0. The van der Waals surface area contributed by atoms with E-state index in [0.29, 0.717) is 11.3 Å². The van der Waals surface area contributed by atoms with Gasteiger partial charge >= 0.3 is 0 Å². The molecule has 2 aromatic carbocycles. The molecule has 3 heteroatoms. The van der Waals surface area contributed by atoms with Crippen molar-refractivity contribution in [1.29, 1.82) is 5.26 Å². The Labute approximate surface area is 143 Å². The second-order valence-electron chi connectivity index (χ2n) is 6.54. The van der Waals surface area contributed by atoms with E-state index < -0.39 is 0 Å². The van der Waals surface area contributed by atoms with E-state index in [1.54, 1.807) is 24.3 Å². The number of rotatable bonds is 5. The van der Waals surface area contributed by atoms with Crippen LogP contribution in [-0.2, 0) is 5.41 Å². The zero-order valence-corrected chi connectivity index (χ0v) is 14.2. The normalized spacial score (nSPS) is 11.2. The van der Waals surface area contributed by atoms with Gasteiger partial charge in [0, 0.05) is 5.56 Å². The number of carbonyl (C=O) groups is 1. The highest BCUT2D eigenvalue weighted by Gasteiger charge is 2.13. The van der Waals surface area contributed by atoms with Gasteiger partial charge in [0.05, 0.1) is 0 Å². The molecule has 2 rings (SSSR count). The van der Waals surface area contributed by atoms with Crippen LogP contribution in [0, 0.1) is 11.3 Å². The van der Waals surface area contributed by atoms with E-state index in [1.165, 1.54) is 5.56 Å². The van der Waals surface area contributed by atoms with Gasteiger partial charge in [-0.05, 0) is 34.8 Å². The first kappa shape index (κ1) is 17.5. The van der Waals surface area contributed by atoms with Crippen molar-refractivity contribution in [2.75, 3.05) is 6.61 Å². The molecule has 0 amide bonds. The molecule has 2 aromatic rings. The maximum atomic E-state index is 12.2. The molecule has 0 bridgehead atoms. The fraction of sp³-hybridized carbons (Fsp3) is 0.238. The Morgan fingerprint density at radius 3 is 2.25 bits per heavy atom. The van der Waals surface area contributed by atoms with Crippen LogP contribution in [0.15, 0.2) is 54.6 Å². The summed E-state index contributed by atoms with van der Waals surface area (Å²) in [5, 5.41) is 8.47. The van der Waals surface area contributed by atoms with Gasteiger partial charge in [-0.15, -0.1) is 0 Å². The first-order valence-corrected chi connectivity index (χ1v) is 7.83. The van der Waals surface area contributed by atoms with Crippen molar-refractivity contribution in [1.82, 2.24) is 0 Å². The molecule has 0 N–H and O–H groups in total. The number of carbonyl (C=O) groups excluding carboxylic acids is 1. The molecule has 0 aliphatic heterocycles. The summed E-state index contributed by atoms with van der Waals surface area (Å²) in [5.74, 6) is 0.609. The Hall–Kier alpha value is -2.86. The lowest BCUT2D eigenvalue weighted by Gasteiger charge is -2.18. The Morgan fingerprint density at radius 1 is 1.08 bits per heavy atom. The van der Waals surface area contributed by atoms with E-state index in [2.05, 4.69) is 20.8 Å². The molecule has 0 aromatic heterocycles. The van der Waals surface area contributed by atoms with Gasteiger partial charge < -0.3 is 4.74 Å². The van der Waals surface area contributed by atoms with Crippen molar-refractivity contribution in [3.8, 4) is 11.8 Å². The lowest BCUT2D eigenvalue weighted by molar-refractivity contribution is 0.104. The summed E-state index contributed by atoms with van der Waals surface area (Å²) in [7, 11) is 0. The van der Waals surface area contributed by atoms with Gasteiger partial charge in [-0.3, -0.25) is 4.79 Å². The highest BCUT2D eigenvalue weighted by Crippen LogP contribution is 2.22. The van der Waals surface area contributed by atoms with E-state index in [9.17, 15) is 4.79 Å². The predicted molar refractivity (Wildman–Crippen MR) is 96.1 cm³/mol. The number of nitrogens with zero attached hydrogens (tertiary/aromatic N) is 1. The Bertz CT molecular complexity index is 757. The number of ether oxygens (including phenoxy) is 1. The van der Waals surface area contributed by atoms with Crippen molar-refractivity contribution in [3.05, 3.63) is 71.3 Å². The zero-order chi connectivity index (χ0) is 17.6. The third-order valence-electron chi connectivity index (χ3n) is 3.65. The van der Waals surface area contributed by atoms with E-state index in [-0.39, 0.29) is 17.8 Å². The van der Waals surface area contributed by atoms with Gasteiger partial charge in [-0.2, -0.15) is 5.26 Å². The molecule has 0 saturated heterocycles. The van der Waals surface area contributed by atoms with Crippen LogP contribution in [-0.4, -0.2) is 12.4 Å². The smallest absolute Gasteiger partial charge is 0.185 e. The van der Waals surface area contributed by atoms with Crippen molar-refractivity contribution in [2.45, 2.75) is 26.2 Å². The molecular formula is C21H21NO2. The van der Waals surface area contributed by atoms with Gasteiger partial charge in [0.1, 0.15) is 11.8 Å². The summed E-state index contributed by atoms with van der Waals surface area (Å²) in [5.41, 5.74) is 2.86. The molecule has 0 fully saturated rings. The minimum atomic E-state index is -0.0275. The van der Waals surface area contributed by atoms with Crippen LogP contribution >= 0.6 is 0 Å². The van der Waals surface area contributed by atoms with Gasteiger partial charge in [0.15, 0.2) is 12.4 Å². The van der Waals surface area contributed by atoms with E-state index in [0.717, 1.165) is 5.56 Å². The fourth-order valence-corrected chi connectivity index (χ4v) is 2.19. The minimum absolute atomic E-state index is 0.0260. The molecule has 0 unspecified atom stereocenters. The largest absolute Gasteiger partial charge is 0.479 e. The lowest BCUT2D eigenvalue weighted by Crippen LogP contribution is -2.11. The Morgan fingerprint density at radius 2 is 1.71 bits per heavy atom. The van der Waals surface area contributed by atoms with Crippen LogP contribution in [0.4, 0.5) is 0 Å². The molecule has 0 aliphatic rings. The van der Waals surface area contributed by atoms with Crippen molar-refractivity contribution >= 4 is 11.9 Å².